The molecule has 19 heavy (non-hydrogen) atoms. The van der Waals surface area contributed by atoms with Gasteiger partial charge in [-0.1, -0.05) is 49.6 Å². The van der Waals surface area contributed by atoms with Crippen LogP contribution in [0.5, 0.6) is 0 Å². The quantitative estimate of drug-likeness (QED) is 0.482. The van der Waals surface area contributed by atoms with Crippen molar-refractivity contribution in [2.45, 2.75) is 38.7 Å². The number of hydrogen-bond donors (Lipinski definition) is 0. The van der Waals surface area contributed by atoms with E-state index < -0.39 is 16.6 Å². The molecule has 0 N–H and O–H groups in total. The summed E-state index contributed by atoms with van der Waals surface area (Å²) in [5.74, 6) is -0.476. The summed E-state index contributed by atoms with van der Waals surface area (Å²) in [5, 5.41) is -0.578. The van der Waals surface area contributed by atoms with Gasteiger partial charge in [-0.25, -0.2) is 0 Å². The largest absolute Gasteiger partial charge is 0.460 e. The van der Waals surface area contributed by atoms with Gasteiger partial charge in [0.05, 0.1) is 0 Å². The third kappa shape index (κ3) is 3.16. The van der Waals surface area contributed by atoms with Gasteiger partial charge >= 0.3 is 5.97 Å². The molecule has 0 radical (unpaired) electrons. The molecule has 3 nitrogen and oxygen atoms in total. The van der Waals surface area contributed by atoms with Crippen molar-refractivity contribution in [3.8, 4) is 0 Å². The zero-order chi connectivity index (χ0) is 13.7. The van der Waals surface area contributed by atoms with Crippen LogP contribution >= 0.6 is 11.6 Å². The van der Waals surface area contributed by atoms with Crippen LogP contribution in [0.2, 0.25) is 0 Å². The molecule has 102 valence electrons. The Morgan fingerprint density at radius 2 is 1.74 bits per heavy atom. The summed E-state index contributed by atoms with van der Waals surface area (Å²) in [5.41, 5.74) is -0.210. The Labute approximate surface area is 117 Å². The minimum absolute atomic E-state index is 0.186. The lowest BCUT2D eigenvalue weighted by Crippen LogP contribution is -2.40. The van der Waals surface area contributed by atoms with E-state index in [2.05, 4.69) is 0 Å². The Hall–Kier alpha value is -1.35. The van der Waals surface area contributed by atoms with E-state index in [4.69, 9.17) is 16.3 Å². The van der Waals surface area contributed by atoms with Gasteiger partial charge in [-0.05, 0) is 30.0 Å². The number of hydrogen-bond acceptors (Lipinski definition) is 3. The predicted octanol–water partition coefficient (Wildman–Crippen LogP) is 3.45. The highest BCUT2D eigenvalue weighted by Gasteiger charge is 2.46. The van der Waals surface area contributed by atoms with Gasteiger partial charge in [-0.2, -0.15) is 0 Å². The number of benzene rings is 1. The van der Waals surface area contributed by atoms with Gasteiger partial charge in [-0.15, -0.1) is 0 Å². The molecule has 1 aromatic rings. The van der Waals surface area contributed by atoms with Crippen molar-refractivity contribution in [2.75, 3.05) is 0 Å². The number of esters is 1. The van der Waals surface area contributed by atoms with E-state index in [1.807, 2.05) is 30.3 Å². The summed E-state index contributed by atoms with van der Waals surface area (Å²) in [6, 6.07) is 9.42. The second-order valence-corrected chi connectivity index (χ2v) is 5.32. The lowest BCUT2D eigenvalue weighted by atomic mass is 9.75. The van der Waals surface area contributed by atoms with Crippen LogP contribution in [0.4, 0.5) is 0 Å². The molecule has 0 spiro atoms. The molecule has 0 amide bonds. The van der Waals surface area contributed by atoms with E-state index in [0.29, 0.717) is 12.8 Å². The van der Waals surface area contributed by atoms with Gasteiger partial charge in [-0.3, -0.25) is 9.59 Å². The van der Waals surface area contributed by atoms with Crippen LogP contribution < -0.4 is 0 Å². The molecule has 0 unspecified atom stereocenters. The van der Waals surface area contributed by atoms with Crippen molar-refractivity contribution in [1.29, 1.82) is 0 Å². The second-order valence-electron chi connectivity index (χ2n) is 4.98. The summed E-state index contributed by atoms with van der Waals surface area (Å²) in [6.07, 6.45) is 3.74. The van der Waals surface area contributed by atoms with Gasteiger partial charge in [0, 0.05) is 0 Å². The summed E-state index contributed by atoms with van der Waals surface area (Å²) in [4.78, 5) is 23.8. The van der Waals surface area contributed by atoms with Crippen LogP contribution in [0, 0.1) is 5.41 Å². The third-order valence-corrected chi connectivity index (χ3v) is 4.05. The van der Waals surface area contributed by atoms with E-state index in [1.54, 1.807) is 0 Å². The maximum absolute atomic E-state index is 12.2. The number of rotatable bonds is 4. The highest BCUT2D eigenvalue weighted by atomic mass is 35.5. The second kappa shape index (κ2) is 6.20. The fraction of sp³-hybridized carbons (Fsp3) is 0.467. The minimum atomic E-state index is -1.12. The van der Waals surface area contributed by atoms with Crippen molar-refractivity contribution < 1.29 is 14.3 Å². The fourth-order valence-corrected chi connectivity index (χ4v) is 2.76. The van der Waals surface area contributed by atoms with E-state index >= 15 is 0 Å². The van der Waals surface area contributed by atoms with Crippen molar-refractivity contribution >= 4 is 22.8 Å². The molecule has 0 bridgehead atoms. The predicted molar refractivity (Wildman–Crippen MR) is 72.6 cm³/mol. The molecule has 0 atom stereocenters. The summed E-state index contributed by atoms with van der Waals surface area (Å²) in [6.45, 7) is 0.186. The Kier molecular flexibility index (Phi) is 4.59. The van der Waals surface area contributed by atoms with E-state index in [-0.39, 0.29) is 6.61 Å². The Bertz CT molecular complexity index is 450. The molecule has 0 aliphatic heterocycles. The molecule has 1 fully saturated rings. The lowest BCUT2D eigenvalue weighted by molar-refractivity contribution is -0.161. The summed E-state index contributed by atoms with van der Waals surface area (Å²) in [7, 11) is 0. The van der Waals surface area contributed by atoms with Gasteiger partial charge < -0.3 is 4.74 Å². The molecular formula is C15H17ClO3. The first-order valence-corrected chi connectivity index (χ1v) is 6.94. The highest BCUT2D eigenvalue weighted by molar-refractivity contribution is 6.66. The first-order chi connectivity index (χ1) is 9.15. The van der Waals surface area contributed by atoms with Crippen LogP contribution in [0.1, 0.15) is 37.7 Å². The zero-order valence-corrected chi connectivity index (χ0v) is 11.5. The molecule has 2 rings (SSSR count). The average Bonchev–Trinajstić information content (AvgIpc) is 2.46. The van der Waals surface area contributed by atoms with Gasteiger partial charge in [0.2, 0.25) is 5.24 Å². The standard InChI is InChI=1S/C15H17ClO3/c16-13(17)15(9-5-2-6-10-15)14(18)19-11-12-7-3-1-4-8-12/h1,3-4,7-8H,2,5-6,9-11H2. The van der Waals surface area contributed by atoms with Gasteiger partial charge in [0.25, 0.3) is 0 Å². The molecule has 4 heteroatoms. The highest BCUT2D eigenvalue weighted by Crippen LogP contribution is 2.39. The van der Waals surface area contributed by atoms with E-state index in [9.17, 15) is 9.59 Å². The maximum atomic E-state index is 12.2. The van der Waals surface area contributed by atoms with E-state index in [0.717, 1.165) is 24.8 Å². The molecule has 1 aliphatic carbocycles. The normalized spacial score (nSPS) is 17.7. The average molecular weight is 281 g/mol. The molecule has 0 saturated heterocycles. The number of ether oxygens (including phenoxy) is 1. The fourth-order valence-electron chi connectivity index (χ4n) is 2.50. The SMILES string of the molecule is O=C(Cl)C1(C(=O)OCc2ccccc2)CCCCC1. The number of halogens is 1. The molecule has 0 aromatic heterocycles. The Morgan fingerprint density at radius 3 is 2.32 bits per heavy atom. The molecule has 1 saturated carbocycles. The Morgan fingerprint density at radius 1 is 1.11 bits per heavy atom. The first kappa shape index (κ1) is 14.1. The van der Waals surface area contributed by atoms with E-state index in [1.165, 1.54) is 0 Å². The Balaban J connectivity index is 2.02. The van der Waals surface area contributed by atoms with Gasteiger partial charge in [0.15, 0.2) is 0 Å². The van der Waals surface area contributed by atoms with Crippen molar-refractivity contribution in [3.63, 3.8) is 0 Å². The van der Waals surface area contributed by atoms with Crippen molar-refractivity contribution in [2.24, 2.45) is 5.41 Å². The third-order valence-electron chi connectivity index (χ3n) is 3.69. The molecule has 1 aromatic carbocycles. The zero-order valence-electron chi connectivity index (χ0n) is 10.7. The molecule has 1 aliphatic rings. The van der Waals surface area contributed by atoms with Crippen molar-refractivity contribution in [1.82, 2.24) is 0 Å². The summed E-state index contributed by atoms with van der Waals surface area (Å²) < 4.78 is 5.29. The monoisotopic (exact) mass is 280 g/mol. The topological polar surface area (TPSA) is 43.4 Å². The number of carbonyl (C=O) groups excluding carboxylic acids is 2. The van der Waals surface area contributed by atoms with Crippen molar-refractivity contribution in [3.05, 3.63) is 35.9 Å². The minimum Gasteiger partial charge on any atom is -0.460 e. The van der Waals surface area contributed by atoms with Crippen LogP contribution in [0.15, 0.2) is 30.3 Å². The molecular weight excluding hydrogens is 264 g/mol. The lowest BCUT2D eigenvalue weighted by Gasteiger charge is -2.31. The smallest absolute Gasteiger partial charge is 0.321 e. The van der Waals surface area contributed by atoms with Crippen LogP contribution in [0.25, 0.3) is 0 Å². The van der Waals surface area contributed by atoms with Crippen LogP contribution in [0.3, 0.4) is 0 Å². The summed E-state index contributed by atoms with van der Waals surface area (Å²) >= 11 is 5.65. The van der Waals surface area contributed by atoms with Crippen LogP contribution in [-0.4, -0.2) is 11.2 Å². The maximum Gasteiger partial charge on any atom is 0.321 e. The molecule has 0 heterocycles. The van der Waals surface area contributed by atoms with Crippen LogP contribution in [-0.2, 0) is 20.9 Å². The number of carbonyl (C=O) groups is 2. The first-order valence-electron chi connectivity index (χ1n) is 6.56. The van der Waals surface area contributed by atoms with Gasteiger partial charge in [0.1, 0.15) is 12.0 Å².